The molecule has 0 saturated carbocycles. The second-order valence-electron chi connectivity index (χ2n) is 0. The van der Waals surface area contributed by atoms with Crippen molar-refractivity contribution in [2.24, 2.45) is 0 Å². The van der Waals surface area contributed by atoms with Crippen LogP contribution in [0.1, 0.15) is 0 Å². The first-order chi connectivity index (χ1) is 0. The Morgan fingerprint density at radius 2 is 1.00 bits per heavy atom. The minimum absolute atomic E-state index is 0. The van der Waals surface area contributed by atoms with E-state index in [0.717, 1.165) is 0 Å². The molecule has 0 bridgehead atoms. The second kappa shape index (κ2) is 15.8. The zero-order valence-electron chi connectivity index (χ0n) is 1.89. The summed E-state index contributed by atoms with van der Waals surface area (Å²) in [5.74, 6) is 0. The maximum Gasteiger partial charge on any atom is 3.00 e. The van der Waals surface area contributed by atoms with Gasteiger partial charge in [-0.1, -0.05) is 0 Å². The van der Waals surface area contributed by atoms with Gasteiger partial charge in [-0.3, -0.25) is 0 Å². The van der Waals surface area contributed by atoms with Gasteiger partial charge in [-0.2, -0.15) is 0 Å². The Morgan fingerprint density at radius 3 is 1.00 bits per heavy atom. The van der Waals surface area contributed by atoms with Gasteiger partial charge in [0.15, 0.2) is 0 Å². The summed E-state index contributed by atoms with van der Waals surface area (Å²) in [6.07, 6.45) is 0. The van der Waals surface area contributed by atoms with Crippen LogP contribution in [-0.4, -0.2) is 19.8 Å². The second-order valence-corrected chi connectivity index (χ2v) is 0. The van der Waals surface area contributed by atoms with Gasteiger partial charge in [0.1, 0.15) is 0 Å². The van der Waals surface area contributed by atoms with E-state index in [9.17, 15) is 0 Å². The molecule has 0 fully saturated rings. The smallest absolute Gasteiger partial charge is 2.00 e. The number of hydrogen-bond donors (Lipinski definition) is 0. The van der Waals surface area contributed by atoms with Crippen LogP contribution in [0.4, 0.5) is 0 Å². The van der Waals surface area contributed by atoms with Gasteiger partial charge in [0, 0.05) is 0 Å². The Balaban J connectivity index is 0. The van der Waals surface area contributed by atoms with Crippen molar-refractivity contribution >= 4 is 19.8 Å². The minimum Gasteiger partial charge on any atom is 2.00 e. The molecule has 0 spiro atoms. The summed E-state index contributed by atoms with van der Waals surface area (Å²) >= 11 is 0. The molecule has 0 aromatic carbocycles. The monoisotopic (exact) mass is 367 g/mol. The van der Waals surface area contributed by atoms with E-state index >= 15 is 0 Å². The molecule has 0 N–H and O–H groups in total. The van der Waals surface area contributed by atoms with E-state index in [2.05, 4.69) is 0 Å². The average Bonchev–Trinajstić information content (AvgIpc) is 0. The van der Waals surface area contributed by atoms with Crippen molar-refractivity contribution in [3.63, 3.8) is 0 Å². The molecule has 1 radical (unpaired) electrons. The normalized spacial score (nSPS) is 0. The summed E-state index contributed by atoms with van der Waals surface area (Å²) in [4.78, 5) is 0. The first-order valence-corrected chi connectivity index (χ1v) is 0. The first kappa shape index (κ1) is 24.9. The molecule has 0 aromatic heterocycles. The predicted molar refractivity (Wildman–Crippen MR) is 5.75 cm³/mol. The van der Waals surface area contributed by atoms with Crippen molar-refractivity contribution in [1.82, 2.24) is 0 Å². The van der Waals surface area contributed by atoms with E-state index in [4.69, 9.17) is 0 Å². The maximum atomic E-state index is 0. The van der Waals surface area contributed by atoms with Crippen LogP contribution in [0.3, 0.4) is 0 Å². The Morgan fingerprint density at radius 1 is 1.00 bits per heavy atom. The molecule has 0 aromatic rings. The molecule has 0 rings (SSSR count). The largest absolute Gasteiger partial charge is 3.00 e. The van der Waals surface area contributed by atoms with Gasteiger partial charge in [0.05, 0.1) is 0 Å². The Bertz CT molecular complexity index is 8.00. The molecule has 0 aliphatic rings. The molecule has 0 saturated heterocycles. The SMILES string of the molecule is [Eu+2].[Fe+2].[Ga+3].[Y+3]. The van der Waals surface area contributed by atoms with Crippen molar-refractivity contribution in [3.05, 3.63) is 0 Å². The molecule has 0 atom stereocenters. The van der Waals surface area contributed by atoms with Crippen LogP contribution in [-0.2, 0) is 49.8 Å². The maximum absolute atomic E-state index is 0. The van der Waals surface area contributed by atoms with Crippen molar-refractivity contribution in [3.8, 4) is 0 Å². The van der Waals surface area contributed by atoms with Gasteiger partial charge < -0.3 is 0 Å². The molecule has 4 heteroatoms. The molecular formula is EuFeGaY+10. The van der Waals surface area contributed by atoms with Crippen LogP contribution in [0.25, 0.3) is 0 Å². The molecule has 0 nitrogen and oxygen atoms in total. The summed E-state index contributed by atoms with van der Waals surface area (Å²) in [6, 6.07) is 0. The number of rotatable bonds is 0. The van der Waals surface area contributed by atoms with Crippen LogP contribution < -0.4 is 0 Å². The average molecular weight is 366 g/mol. The minimum atomic E-state index is 0. The summed E-state index contributed by atoms with van der Waals surface area (Å²) < 4.78 is 0. The third-order valence-corrected chi connectivity index (χ3v) is 0. The molecular weight excluding hydrogens is 366 g/mol. The van der Waals surface area contributed by atoms with Crippen molar-refractivity contribution in [1.29, 1.82) is 0 Å². The Labute approximate surface area is 116 Å². The summed E-state index contributed by atoms with van der Waals surface area (Å²) in [5.41, 5.74) is 0. The van der Waals surface area contributed by atoms with Crippen LogP contribution in [0.15, 0.2) is 0 Å². The van der Waals surface area contributed by atoms with E-state index < -0.39 is 0 Å². The van der Waals surface area contributed by atoms with Crippen LogP contribution in [0, 0.1) is 49.4 Å². The Hall–Kier alpha value is 3.84. The van der Waals surface area contributed by atoms with Crippen LogP contribution in [0.2, 0.25) is 0 Å². The third-order valence-electron chi connectivity index (χ3n) is 0. The van der Waals surface area contributed by atoms with E-state index in [1.807, 2.05) is 0 Å². The van der Waals surface area contributed by atoms with Gasteiger partial charge >= 0.3 is 119 Å². The van der Waals surface area contributed by atoms with Gasteiger partial charge in [0.2, 0.25) is 0 Å². The Kier molecular flexibility index (Phi) is 98.3. The zero-order valence-corrected chi connectivity index (χ0v) is 10.7. The molecule has 11 valence electrons. The molecule has 0 heterocycles. The molecule has 0 amide bonds. The van der Waals surface area contributed by atoms with E-state index in [1.54, 1.807) is 0 Å². The quantitative estimate of drug-likeness (QED) is 0.513. The summed E-state index contributed by atoms with van der Waals surface area (Å²) in [6.45, 7) is 0. The fourth-order valence-electron chi connectivity index (χ4n) is 0. The van der Waals surface area contributed by atoms with Gasteiger partial charge in [-0.15, -0.1) is 0 Å². The van der Waals surface area contributed by atoms with Crippen molar-refractivity contribution < 1.29 is 99.2 Å². The fourth-order valence-corrected chi connectivity index (χ4v) is 0. The van der Waals surface area contributed by atoms with E-state index in [1.165, 1.54) is 0 Å². The third kappa shape index (κ3) is 9.28. The van der Waals surface area contributed by atoms with Crippen LogP contribution in [0.5, 0.6) is 0 Å². The summed E-state index contributed by atoms with van der Waals surface area (Å²) in [5, 5.41) is 0. The zero-order chi connectivity index (χ0) is 0. The molecule has 0 unspecified atom stereocenters. The fraction of sp³-hybridized carbons (Fsp3) is 0. The van der Waals surface area contributed by atoms with Gasteiger partial charge in [0.25, 0.3) is 0 Å². The van der Waals surface area contributed by atoms with E-state index in [0.29, 0.717) is 0 Å². The van der Waals surface area contributed by atoms with Crippen molar-refractivity contribution in [2.75, 3.05) is 0 Å². The topological polar surface area (TPSA) is 0 Å². The molecule has 0 aliphatic heterocycles. The van der Waals surface area contributed by atoms with Crippen molar-refractivity contribution in [2.45, 2.75) is 0 Å². The first-order valence-electron chi connectivity index (χ1n) is 0. The summed E-state index contributed by atoms with van der Waals surface area (Å²) in [7, 11) is 0. The standard InChI is InChI=1S/Eu.Fe.Ga.Y/q2*+2;2*+3. The van der Waals surface area contributed by atoms with Gasteiger partial charge in [-0.25, -0.2) is 0 Å². The van der Waals surface area contributed by atoms with E-state index in [-0.39, 0.29) is 119 Å². The number of hydrogen-bond acceptors (Lipinski definition) is 0. The predicted octanol–water partition coefficient (Wildman–Crippen LogP) is -0.386. The molecule has 4 heavy (non-hydrogen) atoms. The van der Waals surface area contributed by atoms with Gasteiger partial charge in [-0.05, 0) is 0 Å². The molecule has 0 aliphatic carbocycles. The van der Waals surface area contributed by atoms with Crippen LogP contribution >= 0.6 is 0 Å².